The van der Waals surface area contributed by atoms with Crippen molar-refractivity contribution in [2.24, 2.45) is 0 Å². The zero-order valence-corrected chi connectivity index (χ0v) is 19.9. The van der Waals surface area contributed by atoms with E-state index in [0.29, 0.717) is 17.0 Å². The van der Waals surface area contributed by atoms with Crippen LogP contribution in [-0.4, -0.2) is 73.0 Å². The molecule has 0 spiro atoms. The van der Waals surface area contributed by atoms with Crippen molar-refractivity contribution in [3.05, 3.63) is 59.7 Å². The minimum atomic E-state index is -0.160. The number of amides is 3. The molecule has 0 aromatic heterocycles. The largest absolute Gasteiger partial charge is 0.352 e. The Labute approximate surface area is 199 Å². The normalized spacial score (nSPS) is 16.9. The van der Waals surface area contributed by atoms with E-state index < -0.39 is 0 Å². The summed E-state index contributed by atoms with van der Waals surface area (Å²) in [5, 5.41) is 3.12. The molecule has 2 aromatic rings. The van der Waals surface area contributed by atoms with Gasteiger partial charge in [-0.2, -0.15) is 0 Å². The number of nitrogens with one attached hydrogen (secondary N) is 1. The van der Waals surface area contributed by atoms with Gasteiger partial charge in [-0.15, -0.1) is 11.8 Å². The summed E-state index contributed by atoms with van der Waals surface area (Å²) in [6.45, 7) is 2.75. The highest BCUT2D eigenvalue weighted by molar-refractivity contribution is 8.00. The van der Waals surface area contributed by atoms with Gasteiger partial charge in [-0.05, 0) is 36.6 Å². The van der Waals surface area contributed by atoms with E-state index in [0.717, 1.165) is 37.4 Å². The van der Waals surface area contributed by atoms with E-state index in [4.69, 9.17) is 0 Å². The molecule has 0 radical (unpaired) electrons. The Kier molecular flexibility index (Phi) is 7.35. The van der Waals surface area contributed by atoms with Gasteiger partial charge in [-0.25, -0.2) is 0 Å². The van der Waals surface area contributed by atoms with Crippen molar-refractivity contribution in [2.45, 2.75) is 30.3 Å². The maximum Gasteiger partial charge on any atom is 0.253 e. The molecular weight excluding hydrogens is 436 g/mol. The lowest BCUT2D eigenvalue weighted by atomic mass is 10.0. The number of hydrogen-bond donors (Lipinski definition) is 1. The molecule has 0 atom stereocenters. The van der Waals surface area contributed by atoms with Crippen molar-refractivity contribution in [2.75, 3.05) is 44.4 Å². The van der Waals surface area contributed by atoms with Crippen LogP contribution >= 0.6 is 11.8 Å². The number of nitrogens with zero attached hydrogens (tertiary/aromatic N) is 3. The van der Waals surface area contributed by atoms with Crippen LogP contribution in [0.3, 0.4) is 0 Å². The van der Waals surface area contributed by atoms with Gasteiger partial charge in [-0.1, -0.05) is 30.3 Å². The third kappa shape index (κ3) is 5.75. The fourth-order valence-electron chi connectivity index (χ4n) is 4.26. The first-order valence-corrected chi connectivity index (χ1v) is 12.2. The summed E-state index contributed by atoms with van der Waals surface area (Å²) in [6.07, 6.45) is 1.78. The van der Waals surface area contributed by atoms with Crippen LogP contribution in [0.25, 0.3) is 0 Å². The van der Waals surface area contributed by atoms with Crippen molar-refractivity contribution >= 4 is 35.2 Å². The predicted octanol–water partition coefficient (Wildman–Crippen LogP) is 2.61. The Morgan fingerprint density at radius 1 is 1.09 bits per heavy atom. The number of rotatable bonds is 6. The van der Waals surface area contributed by atoms with E-state index in [1.54, 1.807) is 26.2 Å². The molecule has 3 amide bonds. The minimum Gasteiger partial charge on any atom is -0.352 e. The number of carbonyl (C=O) groups is 3. The number of piperidine rings is 1. The van der Waals surface area contributed by atoms with Crippen molar-refractivity contribution in [1.29, 1.82) is 0 Å². The second kappa shape index (κ2) is 10.4. The first kappa shape index (κ1) is 23.3. The second-order valence-electron chi connectivity index (χ2n) is 8.75. The molecule has 2 aromatic carbocycles. The van der Waals surface area contributed by atoms with Crippen LogP contribution in [0.1, 0.15) is 28.8 Å². The zero-order chi connectivity index (χ0) is 23.4. The highest BCUT2D eigenvalue weighted by Crippen LogP contribution is 2.36. The molecule has 1 fully saturated rings. The van der Waals surface area contributed by atoms with Gasteiger partial charge in [0.15, 0.2) is 0 Å². The fraction of sp³-hybridized carbons (Fsp3) is 0.400. The average molecular weight is 467 g/mol. The molecule has 0 aliphatic carbocycles. The lowest BCUT2D eigenvalue weighted by Gasteiger charge is -2.33. The third-order valence-corrected chi connectivity index (χ3v) is 7.11. The third-order valence-electron chi connectivity index (χ3n) is 6.06. The lowest BCUT2D eigenvalue weighted by Crippen LogP contribution is -2.49. The molecule has 174 valence electrons. The van der Waals surface area contributed by atoms with E-state index in [9.17, 15) is 14.4 Å². The molecule has 4 rings (SSSR count). The van der Waals surface area contributed by atoms with Crippen LogP contribution in [0.15, 0.2) is 53.4 Å². The fourth-order valence-corrected chi connectivity index (χ4v) is 5.18. The van der Waals surface area contributed by atoms with Crippen LogP contribution in [0, 0.1) is 0 Å². The number of carbonyl (C=O) groups excluding carboxylic acids is 3. The maximum atomic E-state index is 12.8. The summed E-state index contributed by atoms with van der Waals surface area (Å²) < 4.78 is 0. The molecule has 0 unspecified atom stereocenters. The Balaban J connectivity index is 1.35. The summed E-state index contributed by atoms with van der Waals surface area (Å²) in [7, 11) is 3.39. The Bertz CT molecular complexity index is 1020. The molecule has 8 heteroatoms. The molecule has 2 aliphatic heterocycles. The molecule has 2 heterocycles. The Morgan fingerprint density at radius 3 is 2.52 bits per heavy atom. The maximum absolute atomic E-state index is 12.8. The average Bonchev–Trinajstić information content (AvgIpc) is 2.82. The summed E-state index contributed by atoms with van der Waals surface area (Å²) in [4.78, 5) is 44.2. The lowest BCUT2D eigenvalue weighted by molar-refractivity contribution is -0.123. The Morgan fingerprint density at radius 2 is 1.82 bits per heavy atom. The SMILES string of the molecule is CN(C)C(=O)c1ccc2c(c1)N(CC(=O)NC1CCN(Cc3ccccc3)CC1)C(=O)CS2. The molecule has 0 saturated carbocycles. The van der Waals surface area contributed by atoms with Gasteiger partial charge in [0.05, 0.1) is 11.4 Å². The summed E-state index contributed by atoms with van der Waals surface area (Å²) in [5.74, 6) is -0.117. The van der Waals surface area contributed by atoms with Crippen LogP contribution in [0.2, 0.25) is 0 Å². The molecule has 1 saturated heterocycles. The van der Waals surface area contributed by atoms with E-state index >= 15 is 0 Å². The van der Waals surface area contributed by atoms with Gasteiger partial charge < -0.3 is 15.1 Å². The highest BCUT2D eigenvalue weighted by atomic mass is 32.2. The molecule has 0 bridgehead atoms. The summed E-state index contributed by atoms with van der Waals surface area (Å²) in [6, 6.07) is 15.9. The van der Waals surface area contributed by atoms with Gasteiger partial charge in [0.2, 0.25) is 11.8 Å². The standard InChI is InChI=1S/C25H30N4O3S/c1-27(2)25(32)19-8-9-22-21(14-19)29(24(31)17-33-22)16-23(30)26-20-10-12-28(13-11-20)15-18-6-4-3-5-7-18/h3-9,14,20H,10-13,15-17H2,1-2H3,(H,26,30). The zero-order valence-electron chi connectivity index (χ0n) is 19.1. The molecule has 33 heavy (non-hydrogen) atoms. The van der Waals surface area contributed by atoms with Crippen LogP contribution in [0.5, 0.6) is 0 Å². The van der Waals surface area contributed by atoms with Crippen molar-refractivity contribution in [3.63, 3.8) is 0 Å². The van der Waals surface area contributed by atoms with Crippen LogP contribution in [-0.2, 0) is 16.1 Å². The quantitative estimate of drug-likeness (QED) is 0.709. The molecule has 2 aliphatic rings. The first-order valence-electron chi connectivity index (χ1n) is 11.2. The van der Waals surface area contributed by atoms with Gasteiger partial charge in [0.1, 0.15) is 6.54 Å². The summed E-state index contributed by atoms with van der Waals surface area (Å²) >= 11 is 1.44. The Hall–Kier alpha value is -2.84. The minimum absolute atomic E-state index is 0.0315. The molecule has 7 nitrogen and oxygen atoms in total. The number of thioether (sulfide) groups is 1. The number of hydrogen-bond acceptors (Lipinski definition) is 5. The highest BCUT2D eigenvalue weighted by Gasteiger charge is 2.29. The van der Waals surface area contributed by atoms with Crippen LogP contribution < -0.4 is 10.2 Å². The number of fused-ring (bicyclic) bond motifs is 1. The van der Waals surface area contributed by atoms with Gasteiger partial charge in [0.25, 0.3) is 5.91 Å². The van der Waals surface area contributed by atoms with Gasteiger partial charge in [-0.3, -0.25) is 19.3 Å². The monoisotopic (exact) mass is 466 g/mol. The van der Waals surface area contributed by atoms with E-state index in [2.05, 4.69) is 34.5 Å². The second-order valence-corrected chi connectivity index (χ2v) is 9.77. The van der Waals surface area contributed by atoms with Crippen molar-refractivity contribution in [3.8, 4) is 0 Å². The molecular formula is C25H30N4O3S. The van der Waals surface area contributed by atoms with Crippen molar-refractivity contribution in [1.82, 2.24) is 15.1 Å². The summed E-state index contributed by atoms with van der Waals surface area (Å²) in [5.41, 5.74) is 2.44. The van der Waals surface area contributed by atoms with Gasteiger partial charge >= 0.3 is 0 Å². The van der Waals surface area contributed by atoms with E-state index in [-0.39, 0.29) is 30.3 Å². The topological polar surface area (TPSA) is 73.0 Å². The van der Waals surface area contributed by atoms with E-state index in [1.807, 2.05) is 12.1 Å². The van der Waals surface area contributed by atoms with Crippen LogP contribution in [0.4, 0.5) is 5.69 Å². The molecule has 1 N–H and O–H groups in total. The number of anilines is 1. The number of likely N-dealkylation sites (tertiary alicyclic amines) is 1. The number of benzene rings is 2. The first-order chi connectivity index (χ1) is 15.9. The smallest absolute Gasteiger partial charge is 0.253 e. The predicted molar refractivity (Wildman–Crippen MR) is 130 cm³/mol. The van der Waals surface area contributed by atoms with Crippen molar-refractivity contribution < 1.29 is 14.4 Å². The van der Waals surface area contributed by atoms with E-state index in [1.165, 1.54) is 27.1 Å². The van der Waals surface area contributed by atoms with Gasteiger partial charge in [0, 0.05) is 50.2 Å².